The van der Waals surface area contributed by atoms with Crippen molar-refractivity contribution in [2.75, 3.05) is 11.4 Å². The van der Waals surface area contributed by atoms with E-state index in [9.17, 15) is 9.59 Å². The van der Waals surface area contributed by atoms with Gasteiger partial charge in [0.1, 0.15) is 0 Å². The van der Waals surface area contributed by atoms with Crippen molar-refractivity contribution in [3.63, 3.8) is 0 Å². The average molecular weight is 342 g/mol. The summed E-state index contributed by atoms with van der Waals surface area (Å²) in [5, 5.41) is 3.23. The Hall–Kier alpha value is -1.84. The second-order valence-electron chi connectivity index (χ2n) is 7.46. The molecule has 2 saturated carbocycles. The summed E-state index contributed by atoms with van der Waals surface area (Å²) in [5.41, 5.74) is 0.978. The highest BCUT2D eigenvalue weighted by molar-refractivity contribution is 5.95. The molecular formula is C21H30N2O2. The van der Waals surface area contributed by atoms with Crippen molar-refractivity contribution in [3.8, 4) is 0 Å². The number of anilines is 1. The van der Waals surface area contributed by atoms with Gasteiger partial charge in [0.05, 0.1) is 0 Å². The smallest absolute Gasteiger partial charge is 0.230 e. The van der Waals surface area contributed by atoms with Crippen LogP contribution in [0.15, 0.2) is 30.3 Å². The molecule has 0 bridgehead atoms. The van der Waals surface area contributed by atoms with Crippen LogP contribution in [0.5, 0.6) is 0 Å². The van der Waals surface area contributed by atoms with Gasteiger partial charge in [0.15, 0.2) is 0 Å². The molecule has 2 aliphatic rings. The second-order valence-corrected chi connectivity index (χ2v) is 7.46. The van der Waals surface area contributed by atoms with Crippen LogP contribution in [-0.4, -0.2) is 24.4 Å². The summed E-state index contributed by atoms with van der Waals surface area (Å²) >= 11 is 0. The number of benzene rings is 1. The van der Waals surface area contributed by atoms with Crippen LogP contribution in [-0.2, 0) is 9.59 Å². The van der Waals surface area contributed by atoms with Crippen LogP contribution in [0.1, 0.15) is 58.3 Å². The van der Waals surface area contributed by atoms with E-state index in [0.717, 1.165) is 44.2 Å². The van der Waals surface area contributed by atoms with Crippen molar-refractivity contribution in [2.45, 2.75) is 64.3 Å². The van der Waals surface area contributed by atoms with Gasteiger partial charge in [-0.05, 0) is 57.6 Å². The molecule has 3 rings (SSSR count). The first-order chi connectivity index (χ1) is 12.2. The molecule has 0 heterocycles. The summed E-state index contributed by atoms with van der Waals surface area (Å²) in [6.45, 7) is 2.72. The first-order valence-electron chi connectivity index (χ1n) is 9.85. The zero-order valence-corrected chi connectivity index (χ0v) is 15.2. The van der Waals surface area contributed by atoms with E-state index in [2.05, 4.69) is 5.32 Å². The molecule has 25 heavy (non-hydrogen) atoms. The number of hydrogen-bond acceptors (Lipinski definition) is 2. The van der Waals surface area contributed by atoms with Crippen LogP contribution >= 0.6 is 0 Å². The number of nitrogens with one attached hydrogen (secondary N) is 1. The Morgan fingerprint density at radius 2 is 1.60 bits per heavy atom. The quantitative estimate of drug-likeness (QED) is 0.882. The Kier molecular flexibility index (Phi) is 6.11. The molecule has 2 aliphatic carbocycles. The van der Waals surface area contributed by atoms with Gasteiger partial charge in [0.25, 0.3) is 0 Å². The van der Waals surface area contributed by atoms with Gasteiger partial charge in [-0.2, -0.15) is 0 Å². The lowest BCUT2D eigenvalue weighted by Gasteiger charge is -2.32. The normalized spacial score (nSPS) is 24.0. The molecule has 4 heteroatoms. The van der Waals surface area contributed by atoms with Gasteiger partial charge >= 0.3 is 0 Å². The van der Waals surface area contributed by atoms with Gasteiger partial charge in [0, 0.05) is 30.1 Å². The number of rotatable bonds is 5. The van der Waals surface area contributed by atoms with E-state index in [1.807, 2.05) is 42.2 Å². The van der Waals surface area contributed by atoms with Crippen LogP contribution < -0.4 is 10.2 Å². The molecule has 4 nitrogen and oxygen atoms in total. The molecule has 0 unspecified atom stereocenters. The first kappa shape index (κ1) is 18.0. The summed E-state index contributed by atoms with van der Waals surface area (Å²) in [5.74, 6) is 0.786. The Balaban J connectivity index is 1.51. The molecule has 0 radical (unpaired) electrons. The Morgan fingerprint density at radius 1 is 0.960 bits per heavy atom. The first-order valence-corrected chi connectivity index (χ1v) is 9.85. The van der Waals surface area contributed by atoms with E-state index in [0.29, 0.717) is 6.54 Å². The molecule has 0 aliphatic heterocycles. The third kappa shape index (κ3) is 4.42. The molecule has 2 amide bonds. The predicted octanol–water partition coefficient (Wildman–Crippen LogP) is 3.90. The van der Waals surface area contributed by atoms with Gasteiger partial charge in [-0.15, -0.1) is 0 Å². The van der Waals surface area contributed by atoms with Gasteiger partial charge in [0.2, 0.25) is 11.8 Å². The van der Waals surface area contributed by atoms with Crippen LogP contribution in [0, 0.1) is 11.8 Å². The minimum Gasteiger partial charge on any atom is -0.353 e. The third-order valence-corrected chi connectivity index (χ3v) is 5.80. The van der Waals surface area contributed by atoms with E-state index in [1.165, 1.54) is 12.8 Å². The SMILES string of the molecule is CCN(C(=O)C1CCC(NC(=O)C2CCCC2)CC1)c1ccccc1. The van der Waals surface area contributed by atoms with Gasteiger partial charge in [-0.3, -0.25) is 9.59 Å². The van der Waals surface area contributed by atoms with Crippen molar-refractivity contribution >= 4 is 17.5 Å². The summed E-state index contributed by atoms with van der Waals surface area (Å²) in [6, 6.07) is 10.2. The summed E-state index contributed by atoms with van der Waals surface area (Å²) in [4.78, 5) is 27.1. The number of hydrogen-bond donors (Lipinski definition) is 1. The largest absolute Gasteiger partial charge is 0.353 e. The van der Waals surface area contributed by atoms with E-state index < -0.39 is 0 Å². The number of para-hydroxylation sites is 1. The molecule has 1 N–H and O–H groups in total. The van der Waals surface area contributed by atoms with E-state index >= 15 is 0 Å². The van der Waals surface area contributed by atoms with Crippen LogP contribution in [0.2, 0.25) is 0 Å². The number of amides is 2. The third-order valence-electron chi connectivity index (χ3n) is 5.80. The maximum atomic E-state index is 12.9. The maximum absolute atomic E-state index is 12.9. The zero-order chi connectivity index (χ0) is 17.6. The lowest BCUT2D eigenvalue weighted by molar-refractivity contribution is -0.126. The topological polar surface area (TPSA) is 49.4 Å². The number of carbonyl (C=O) groups excluding carboxylic acids is 2. The van der Waals surface area contributed by atoms with E-state index in [4.69, 9.17) is 0 Å². The second kappa shape index (κ2) is 8.50. The zero-order valence-electron chi connectivity index (χ0n) is 15.2. The van der Waals surface area contributed by atoms with Crippen molar-refractivity contribution in [1.82, 2.24) is 5.32 Å². The number of carbonyl (C=O) groups is 2. The van der Waals surface area contributed by atoms with Crippen molar-refractivity contribution in [2.24, 2.45) is 11.8 Å². The lowest BCUT2D eigenvalue weighted by atomic mass is 9.84. The van der Waals surface area contributed by atoms with Gasteiger partial charge in [-0.25, -0.2) is 0 Å². The minimum atomic E-state index is 0.0831. The summed E-state index contributed by atoms with van der Waals surface area (Å²) in [7, 11) is 0. The van der Waals surface area contributed by atoms with E-state index in [1.54, 1.807) is 0 Å². The number of nitrogens with zero attached hydrogens (tertiary/aromatic N) is 1. The lowest BCUT2D eigenvalue weighted by Crippen LogP contribution is -2.43. The standard InChI is InChI=1S/C21H30N2O2/c1-2-23(19-10-4-3-5-11-19)21(25)17-12-14-18(15-13-17)22-20(24)16-8-6-7-9-16/h3-5,10-11,16-18H,2,6-9,12-15H2,1H3,(H,22,24). The molecule has 0 atom stereocenters. The fourth-order valence-corrected chi connectivity index (χ4v) is 4.29. The highest BCUT2D eigenvalue weighted by Crippen LogP contribution is 2.29. The Morgan fingerprint density at radius 3 is 2.20 bits per heavy atom. The fourth-order valence-electron chi connectivity index (χ4n) is 4.29. The van der Waals surface area contributed by atoms with E-state index in [-0.39, 0.29) is 29.7 Å². The minimum absolute atomic E-state index is 0.0831. The average Bonchev–Trinajstić information content (AvgIpc) is 3.19. The van der Waals surface area contributed by atoms with Crippen LogP contribution in [0.25, 0.3) is 0 Å². The highest BCUT2D eigenvalue weighted by atomic mass is 16.2. The fraction of sp³-hybridized carbons (Fsp3) is 0.619. The van der Waals surface area contributed by atoms with Crippen LogP contribution in [0.4, 0.5) is 5.69 Å². The predicted molar refractivity (Wildman–Crippen MR) is 100 cm³/mol. The molecule has 0 spiro atoms. The molecule has 0 saturated heterocycles. The Bertz CT molecular complexity index is 573. The molecule has 0 aromatic heterocycles. The molecule has 1 aromatic rings. The van der Waals surface area contributed by atoms with Gasteiger partial charge in [-0.1, -0.05) is 31.0 Å². The van der Waals surface area contributed by atoms with Crippen molar-refractivity contribution < 1.29 is 9.59 Å². The molecule has 2 fully saturated rings. The Labute approximate surface area is 151 Å². The molecule has 136 valence electrons. The monoisotopic (exact) mass is 342 g/mol. The summed E-state index contributed by atoms with van der Waals surface area (Å²) in [6.07, 6.45) is 8.04. The van der Waals surface area contributed by atoms with Crippen molar-refractivity contribution in [3.05, 3.63) is 30.3 Å². The van der Waals surface area contributed by atoms with Crippen molar-refractivity contribution in [1.29, 1.82) is 0 Å². The molecule has 1 aromatic carbocycles. The van der Waals surface area contributed by atoms with Gasteiger partial charge < -0.3 is 10.2 Å². The highest BCUT2D eigenvalue weighted by Gasteiger charge is 2.31. The maximum Gasteiger partial charge on any atom is 0.230 e. The molecular weight excluding hydrogens is 312 g/mol. The van der Waals surface area contributed by atoms with Crippen LogP contribution in [0.3, 0.4) is 0 Å². The summed E-state index contributed by atoms with van der Waals surface area (Å²) < 4.78 is 0.